The number of amides is 4. The van der Waals surface area contributed by atoms with Gasteiger partial charge in [0.1, 0.15) is 12.1 Å². The van der Waals surface area contributed by atoms with Crippen LogP contribution >= 0.6 is 0 Å². The fraction of sp³-hybridized carbons (Fsp3) is 0.868. The number of rotatable bonds is 23. The van der Waals surface area contributed by atoms with Crippen molar-refractivity contribution in [2.24, 2.45) is 23.7 Å². The molecule has 13 nitrogen and oxygen atoms in total. The van der Waals surface area contributed by atoms with Crippen LogP contribution in [-0.4, -0.2) is 133 Å². The number of carboxylic acid groups (broad SMARTS) is 1. The fourth-order valence-electron chi connectivity index (χ4n) is 7.45. The summed E-state index contributed by atoms with van der Waals surface area (Å²) in [5.41, 5.74) is 0. The highest BCUT2D eigenvalue weighted by molar-refractivity contribution is 5.90. The summed E-state index contributed by atoms with van der Waals surface area (Å²) in [7, 11) is 6.73. The molecular weight excluding hydrogens is 654 g/mol. The highest BCUT2D eigenvalue weighted by Crippen LogP contribution is 2.29. The number of aliphatic carboxylic acids is 1. The predicted octanol–water partition coefficient (Wildman–Crippen LogP) is 3.78. The molecule has 296 valence electrons. The number of carboxylic acids is 1. The smallest absolute Gasteiger partial charge is 0.325 e. The van der Waals surface area contributed by atoms with Gasteiger partial charge in [-0.3, -0.25) is 28.9 Å². The van der Waals surface area contributed by atoms with E-state index < -0.39 is 54.2 Å². The molecule has 0 aromatic carbocycles. The first kappa shape index (κ1) is 46.3. The van der Waals surface area contributed by atoms with Gasteiger partial charge in [-0.05, 0) is 57.5 Å². The van der Waals surface area contributed by atoms with Crippen molar-refractivity contribution in [2.45, 2.75) is 150 Å². The number of methoxy groups -OCH3 is 2. The maximum Gasteiger partial charge on any atom is 0.325 e. The fourth-order valence-corrected chi connectivity index (χ4v) is 7.45. The van der Waals surface area contributed by atoms with Crippen LogP contribution in [0.15, 0.2) is 0 Å². The Balaban J connectivity index is 3.27. The molecule has 4 amide bonds. The third-order valence-corrected chi connectivity index (χ3v) is 10.7. The summed E-state index contributed by atoms with van der Waals surface area (Å²) in [6.07, 6.45) is 3.97. The van der Waals surface area contributed by atoms with Crippen LogP contribution in [0.5, 0.6) is 0 Å². The number of likely N-dealkylation sites (tertiary alicyclic amines) is 1. The number of hydrogen-bond acceptors (Lipinski definition) is 8. The van der Waals surface area contributed by atoms with Crippen LogP contribution in [0.25, 0.3) is 0 Å². The number of nitrogens with zero attached hydrogens (tertiary/aromatic N) is 3. The molecule has 13 heteroatoms. The molecule has 3 N–H and O–H groups in total. The van der Waals surface area contributed by atoms with Crippen molar-refractivity contribution < 1.29 is 38.6 Å². The summed E-state index contributed by atoms with van der Waals surface area (Å²) in [6, 6.07) is -3.06. The Hall–Kier alpha value is -2.77. The molecule has 1 saturated heterocycles. The third kappa shape index (κ3) is 13.0. The Kier molecular flexibility index (Phi) is 20.3. The lowest BCUT2D eigenvalue weighted by atomic mass is 9.89. The first-order valence-corrected chi connectivity index (χ1v) is 19.0. The maximum absolute atomic E-state index is 14.3. The summed E-state index contributed by atoms with van der Waals surface area (Å²) < 4.78 is 11.8. The molecule has 0 unspecified atom stereocenters. The molecule has 0 bridgehead atoms. The largest absolute Gasteiger partial charge is 0.480 e. The summed E-state index contributed by atoms with van der Waals surface area (Å²) >= 11 is 0. The number of ether oxygens (including phenoxy) is 2. The van der Waals surface area contributed by atoms with Gasteiger partial charge < -0.3 is 35.0 Å². The zero-order valence-electron chi connectivity index (χ0n) is 33.9. The number of hydrogen-bond donors (Lipinski definition) is 3. The van der Waals surface area contributed by atoms with Gasteiger partial charge >= 0.3 is 5.97 Å². The van der Waals surface area contributed by atoms with Gasteiger partial charge in [0.15, 0.2) is 0 Å². The van der Waals surface area contributed by atoms with E-state index in [9.17, 15) is 29.1 Å². The number of nitrogens with one attached hydrogen (secondary N) is 2. The minimum atomic E-state index is -1.14. The van der Waals surface area contributed by atoms with E-state index in [4.69, 9.17) is 9.47 Å². The summed E-state index contributed by atoms with van der Waals surface area (Å²) in [4.78, 5) is 71.9. The van der Waals surface area contributed by atoms with Gasteiger partial charge in [-0.1, -0.05) is 74.7 Å². The lowest BCUT2D eigenvalue weighted by Gasteiger charge is -2.41. The quantitative estimate of drug-likeness (QED) is 0.133. The minimum Gasteiger partial charge on any atom is -0.480 e. The number of likely N-dealkylation sites (N-methyl/N-ethyl adjacent to an activating group) is 2. The van der Waals surface area contributed by atoms with Crippen LogP contribution < -0.4 is 10.6 Å². The Bertz CT molecular complexity index is 1120. The summed E-state index contributed by atoms with van der Waals surface area (Å²) in [6.45, 7) is 18.4. The van der Waals surface area contributed by atoms with Crippen LogP contribution in [0.1, 0.15) is 107 Å². The second-order valence-corrected chi connectivity index (χ2v) is 15.3. The molecule has 0 saturated carbocycles. The highest BCUT2D eigenvalue weighted by atomic mass is 16.5. The van der Waals surface area contributed by atoms with Crippen LogP contribution in [0.2, 0.25) is 0 Å². The molecule has 0 aromatic rings. The number of unbranched alkanes of at least 4 members (excludes halogenated alkanes) is 2. The summed E-state index contributed by atoms with van der Waals surface area (Å²) in [5, 5.41) is 14.9. The zero-order chi connectivity index (χ0) is 39.2. The molecule has 9 atom stereocenters. The molecule has 1 rings (SSSR count). The van der Waals surface area contributed by atoms with Crippen molar-refractivity contribution in [3.05, 3.63) is 0 Å². The van der Waals surface area contributed by atoms with Crippen LogP contribution in [0.4, 0.5) is 0 Å². The summed E-state index contributed by atoms with van der Waals surface area (Å²) in [5.74, 6) is -3.06. The molecule has 1 heterocycles. The van der Waals surface area contributed by atoms with Crippen LogP contribution in [0.3, 0.4) is 0 Å². The van der Waals surface area contributed by atoms with E-state index in [0.717, 1.165) is 38.6 Å². The maximum atomic E-state index is 14.3. The van der Waals surface area contributed by atoms with E-state index in [0.29, 0.717) is 13.0 Å². The van der Waals surface area contributed by atoms with Gasteiger partial charge in [0, 0.05) is 27.8 Å². The van der Waals surface area contributed by atoms with Gasteiger partial charge in [0.2, 0.25) is 23.6 Å². The Labute approximate surface area is 307 Å². The van der Waals surface area contributed by atoms with Crippen molar-refractivity contribution in [3.63, 3.8) is 0 Å². The van der Waals surface area contributed by atoms with E-state index in [2.05, 4.69) is 22.5 Å². The van der Waals surface area contributed by atoms with Gasteiger partial charge in [0.25, 0.3) is 0 Å². The molecule has 1 aliphatic rings. The van der Waals surface area contributed by atoms with E-state index in [1.54, 1.807) is 30.9 Å². The van der Waals surface area contributed by atoms with Crippen molar-refractivity contribution >= 4 is 29.6 Å². The molecule has 0 radical (unpaired) electrons. The Morgan fingerprint density at radius 1 is 0.882 bits per heavy atom. The second kappa shape index (κ2) is 22.3. The van der Waals surface area contributed by atoms with Gasteiger partial charge in [-0.25, -0.2) is 0 Å². The average Bonchev–Trinajstić information content (AvgIpc) is 3.56. The first-order valence-electron chi connectivity index (χ1n) is 19.0. The van der Waals surface area contributed by atoms with Gasteiger partial charge in [0.05, 0.1) is 42.7 Å². The zero-order valence-corrected chi connectivity index (χ0v) is 33.9. The molecule has 1 aliphatic heterocycles. The molecule has 0 spiro atoms. The monoisotopic (exact) mass is 726 g/mol. The van der Waals surface area contributed by atoms with Gasteiger partial charge in [-0.15, -0.1) is 0 Å². The standard InChI is InChI=1S/C38H71N5O8/c1-14-16-17-20-41(10)32(24(5)6)36(46)40-31(23(3)4)37(47)42(11)33(25(7)15-2)29(50-12)22-30(44)43-21-18-19-28(43)34(51-13)26(8)35(45)39-27(9)38(48)49/h23-29,31-34H,14-22H2,1-13H3,(H,39,45)(H,40,46)(H,48,49)/t25-,26+,27-,28-,29+,31-,32-,33-,34+/m0/s1. The SMILES string of the molecule is CCCCCN(C)[C@H](C(=O)N[C@H](C(=O)N(C)[C@@H]([C@@H](C)CC)[C@@H](CC(=O)N1CCC[C@H]1[C@H](OC)[C@@H](C)C(=O)N[C@@H](C)C(=O)O)OC)C(C)C)C(C)C. The highest BCUT2D eigenvalue weighted by Gasteiger charge is 2.43. The topological polar surface area (TPSA) is 158 Å². The number of carbonyl (C=O) groups excluding carboxylic acids is 4. The Morgan fingerprint density at radius 3 is 2.00 bits per heavy atom. The van der Waals surface area contributed by atoms with Crippen molar-refractivity contribution in [1.29, 1.82) is 0 Å². The Morgan fingerprint density at radius 2 is 1.51 bits per heavy atom. The van der Waals surface area contributed by atoms with Gasteiger partial charge in [-0.2, -0.15) is 0 Å². The van der Waals surface area contributed by atoms with E-state index in [-0.39, 0.29) is 47.9 Å². The van der Waals surface area contributed by atoms with Crippen LogP contribution in [0, 0.1) is 23.7 Å². The minimum absolute atomic E-state index is 0.00334. The molecule has 51 heavy (non-hydrogen) atoms. The molecular formula is C38H71N5O8. The third-order valence-electron chi connectivity index (χ3n) is 10.7. The normalized spacial score (nSPS) is 19.6. The van der Waals surface area contributed by atoms with Crippen molar-refractivity contribution in [2.75, 3.05) is 41.4 Å². The molecule has 0 aliphatic carbocycles. The predicted molar refractivity (Wildman–Crippen MR) is 199 cm³/mol. The van der Waals surface area contributed by atoms with Crippen molar-refractivity contribution in [3.8, 4) is 0 Å². The average molecular weight is 726 g/mol. The first-order chi connectivity index (χ1) is 23.9. The van der Waals surface area contributed by atoms with Crippen LogP contribution in [-0.2, 0) is 33.4 Å². The lowest BCUT2D eigenvalue weighted by Crippen LogP contribution is -2.60. The second-order valence-electron chi connectivity index (χ2n) is 15.3. The molecule has 1 fully saturated rings. The van der Waals surface area contributed by atoms with E-state index in [1.165, 1.54) is 14.0 Å². The van der Waals surface area contributed by atoms with E-state index in [1.807, 2.05) is 48.6 Å². The number of carbonyl (C=O) groups is 5. The molecule has 0 aromatic heterocycles. The lowest BCUT2D eigenvalue weighted by molar-refractivity contribution is -0.148. The van der Waals surface area contributed by atoms with Crippen molar-refractivity contribution in [1.82, 2.24) is 25.3 Å². The van der Waals surface area contributed by atoms with E-state index >= 15 is 0 Å².